The number of rotatable bonds is 9. The molecule has 1 aliphatic rings. The Bertz CT molecular complexity index is 1010. The molecule has 2 aromatic rings. The Kier molecular flexibility index (Phi) is 7.67. The first-order chi connectivity index (χ1) is 15.0. The molecule has 166 valence electrons. The molecule has 2 aromatic carbocycles. The predicted octanol–water partition coefficient (Wildman–Crippen LogP) is 2.21. The van der Waals surface area contributed by atoms with E-state index in [0.717, 1.165) is 5.56 Å². The van der Waals surface area contributed by atoms with Crippen LogP contribution >= 0.6 is 0 Å². The summed E-state index contributed by atoms with van der Waals surface area (Å²) < 4.78 is 42.8. The quantitative estimate of drug-likeness (QED) is 0.594. The lowest BCUT2D eigenvalue weighted by molar-refractivity contribution is 0.0730. The molecule has 0 spiro atoms. The molecule has 0 radical (unpaired) electrons. The molecule has 3 rings (SSSR count). The van der Waals surface area contributed by atoms with Gasteiger partial charge in [-0.2, -0.15) is 4.31 Å². The first-order valence-corrected chi connectivity index (χ1v) is 11.3. The number of sulfonamides is 1. The van der Waals surface area contributed by atoms with E-state index in [1.807, 2.05) is 0 Å². The summed E-state index contributed by atoms with van der Waals surface area (Å²) in [6.45, 7) is 5.69. The van der Waals surface area contributed by atoms with Crippen LogP contribution in [0.5, 0.6) is 11.5 Å². The standard InChI is InChI=1S/C22H26N2O6S/c1-3-12-30-20-9-6-18(15-21(20)28-2)22(25)23-16-17-4-7-19(8-5-17)31(26,27)24-10-13-29-14-11-24/h3-9,15H,1,10-14,16H2,2H3,(H,23,25). The third-order valence-electron chi connectivity index (χ3n) is 4.77. The van der Waals surface area contributed by atoms with E-state index in [-0.39, 0.29) is 17.3 Å². The summed E-state index contributed by atoms with van der Waals surface area (Å²) in [5, 5.41) is 2.82. The van der Waals surface area contributed by atoms with Gasteiger partial charge in [0.05, 0.1) is 25.2 Å². The summed E-state index contributed by atoms with van der Waals surface area (Å²) in [6, 6.07) is 11.4. The average molecular weight is 447 g/mol. The number of amides is 1. The van der Waals surface area contributed by atoms with Crippen LogP contribution in [0.2, 0.25) is 0 Å². The maximum Gasteiger partial charge on any atom is 0.251 e. The van der Waals surface area contributed by atoms with Gasteiger partial charge in [0.1, 0.15) is 6.61 Å². The van der Waals surface area contributed by atoms with E-state index < -0.39 is 10.0 Å². The molecule has 9 heteroatoms. The molecule has 0 saturated carbocycles. The molecular formula is C22H26N2O6S. The number of benzene rings is 2. The van der Waals surface area contributed by atoms with E-state index in [4.69, 9.17) is 14.2 Å². The molecular weight excluding hydrogens is 420 g/mol. The number of hydrogen-bond donors (Lipinski definition) is 1. The highest BCUT2D eigenvalue weighted by molar-refractivity contribution is 7.89. The van der Waals surface area contributed by atoms with Gasteiger partial charge in [-0.3, -0.25) is 4.79 Å². The second kappa shape index (κ2) is 10.4. The fourth-order valence-corrected chi connectivity index (χ4v) is 4.48. The molecule has 1 aliphatic heterocycles. The number of hydrogen-bond acceptors (Lipinski definition) is 6. The zero-order chi connectivity index (χ0) is 22.3. The monoisotopic (exact) mass is 446 g/mol. The maximum absolute atomic E-state index is 12.7. The van der Waals surface area contributed by atoms with Crippen molar-refractivity contribution in [3.05, 3.63) is 66.2 Å². The molecule has 31 heavy (non-hydrogen) atoms. The van der Waals surface area contributed by atoms with Crippen molar-refractivity contribution >= 4 is 15.9 Å². The number of nitrogens with one attached hydrogen (secondary N) is 1. The molecule has 1 N–H and O–H groups in total. The van der Waals surface area contributed by atoms with Crippen LogP contribution in [0.15, 0.2) is 60.0 Å². The van der Waals surface area contributed by atoms with Crippen LogP contribution in [0.1, 0.15) is 15.9 Å². The van der Waals surface area contributed by atoms with E-state index in [1.54, 1.807) is 48.5 Å². The van der Waals surface area contributed by atoms with Crippen LogP contribution in [0.4, 0.5) is 0 Å². The highest BCUT2D eigenvalue weighted by Crippen LogP contribution is 2.28. The van der Waals surface area contributed by atoms with E-state index >= 15 is 0 Å². The van der Waals surface area contributed by atoms with Crippen LogP contribution in [-0.4, -0.2) is 58.7 Å². The summed E-state index contributed by atoms with van der Waals surface area (Å²) in [6.07, 6.45) is 1.62. The number of carbonyl (C=O) groups excluding carboxylic acids is 1. The van der Waals surface area contributed by atoms with E-state index in [1.165, 1.54) is 11.4 Å². The van der Waals surface area contributed by atoms with Crippen molar-refractivity contribution in [3.63, 3.8) is 0 Å². The van der Waals surface area contributed by atoms with Gasteiger partial charge >= 0.3 is 0 Å². The van der Waals surface area contributed by atoms with Crippen LogP contribution < -0.4 is 14.8 Å². The van der Waals surface area contributed by atoms with E-state index in [2.05, 4.69) is 11.9 Å². The Balaban J connectivity index is 1.62. The van der Waals surface area contributed by atoms with Crippen LogP contribution in [0.3, 0.4) is 0 Å². The molecule has 1 saturated heterocycles. The van der Waals surface area contributed by atoms with Gasteiger partial charge in [0.2, 0.25) is 10.0 Å². The van der Waals surface area contributed by atoms with Crippen LogP contribution in [0, 0.1) is 0 Å². The summed E-state index contributed by atoms with van der Waals surface area (Å²) in [5.74, 6) is 0.696. The van der Waals surface area contributed by atoms with Crippen molar-refractivity contribution < 1.29 is 27.4 Å². The van der Waals surface area contributed by atoms with Gasteiger partial charge in [0.25, 0.3) is 5.91 Å². The lowest BCUT2D eigenvalue weighted by Gasteiger charge is -2.26. The molecule has 0 atom stereocenters. The average Bonchev–Trinajstić information content (AvgIpc) is 2.81. The molecule has 1 heterocycles. The summed E-state index contributed by atoms with van der Waals surface area (Å²) >= 11 is 0. The summed E-state index contributed by atoms with van der Waals surface area (Å²) in [5.41, 5.74) is 1.21. The summed E-state index contributed by atoms with van der Waals surface area (Å²) in [7, 11) is -2.03. The third kappa shape index (κ3) is 5.63. The SMILES string of the molecule is C=CCOc1ccc(C(=O)NCc2ccc(S(=O)(=O)N3CCOCC3)cc2)cc1OC. The number of carbonyl (C=O) groups is 1. The van der Waals surface area contributed by atoms with Gasteiger partial charge in [0.15, 0.2) is 11.5 Å². The number of nitrogens with zero attached hydrogens (tertiary/aromatic N) is 1. The first kappa shape index (κ1) is 22.8. The molecule has 0 unspecified atom stereocenters. The zero-order valence-electron chi connectivity index (χ0n) is 17.4. The maximum atomic E-state index is 12.7. The second-order valence-corrected chi connectivity index (χ2v) is 8.75. The van der Waals surface area contributed by atoms with E-state index in [0.29, 0.717) is 50.0 Å². The normalized spacial score (nSPS) is 14.6. The Morgan fingerprint density at radius 3 is 2.52 bits per heavy atom. The van der Waals surface area contributed by atoms with Gasteiger partial charge in [-0.05, 0) is 35.9 Å². The third-order valence-corrected chi connectivity index (χ3v) is 6.68. The minimum Gasteiger partial charge on any atom is -0.493 e. The summed E-state index contributed by atoms with van der Waals surface area (Å²) in [4.78, 5) is 12.7. The van der Waals surface area contributed by atoms with Crippen molar-refractivity contribution in [2.75, 3.05) is 40.0 Å². The van der Waals surface area contributed by atoms with Crippen molar-refractivity contribution in [3.8, 4) is 11.5 Å². The van der Waals surface area contributed by atoms with Crippen molar-refractivity contribution in [1.29, 1.82) is 0 Å². The fraction of sp³-hybridized carbons (Fsp3) is 0.318. The first-order valence-electron chi connectivity index (χ1n) is 9.82. The molecule has 0 aromatic heterocycles. The molecule has 1 amide bonds. The topological polar surface area (TPSA) is 94.2 Å². The molecule has 1 fully saturated rings. The van der Waals surface area contributed by atoms with Crippen molar-refractivity contribution in [2.24, 2.45) is 0 Å². The van der Waals surface area contributed by atoms with Gasteiger partial charge in [0, 0.05) is 25.2 Å². The second-order valence-electron chi connectivity index (χ2n) is 6.81. The number of ether oxygens (including phenoxy) is 3. The number of morpholine rings is 1. The smallest absolute Gasteiger partial charge is 0.251 e. The lowest BCUT2D eigenvalue weighted by atomic mass is 10.1. The zero-order valence-corrected chi connectivity index (χ0v) is 18.2. The van der Waals surface area contributed by atoms with Crippen LogP contribution in [0.25, 0.3) is 0 Å². The Morgan fingerprint density at radius 1 is 1.16 bits per heavy atom. The van der Waals surface area contributed by atoms with Gasteiger partial charge < -0.3 is 19.5 Å². The number of methoxy groups -OCH3 is 1. The predicted molar refractivity (Wildman–Crippen MR) is 116 cm³/mol. The fourth-order valence-electron chi connectivity index (χ4n) is 3.08. The Morgan fingerprint density at radius 2 is 1.87 bits per heavy atom. The Hall–Kier alpha value is -2.88. The molecule has 0 bridgehead atoms. The van der Waals surface area contributed by atoms with E-state index in [9.17, 15) is 13.2 Å². The minimum atomic E-state index is -3.54. The highest BCUT2D eigenvalue weighted by Gasteiger charge is 2.26. The molecule has 8 nitrogen and oxygen atoms in total. The van der Waals surface area contributed by atoms with Crippen LogP contribution in [-0.2, 0) is 21.3 Å². The van der Waals surface area contributed by atoms with Gasteiger partial charge in [-0.15, -0.1) is 0 Å². The minimum absolute atomic E-state index is 0.226. The molecule has 0 aliphatic carbocycles. The van der Waals surface area contributed by atoms with Gasteiger partial charge in [-0.25, -0.2) is 8.42 Å². The largest absolute Gasteiger partial charge is 0.493 e. The Labute approximate surface area is 182 Å². The lowest BCUT2D eigenvalue weighted by Crippen LogP contribution is -2.40. The highest BCUT2D eigenvalue weighted by atomic mass is 32.2. The van der Waals surface area contributed by atoms with Crippen molar-refractivity contribution in [1.82, 2.24) is 9.62 Å². The van der Waals surface area contributed by atoms with Gasteiger partial charge in [-0.1, -0.05) is 24.8 Å². The van der Waals surface area contributed by atoms with Crippen molar-refractivity contribution in [2.45, 2.75) is 11.4 Å².